The van der Waals surface area contributed by atoms with Crippen LogP contribution in [-0.4, -0.2) is 68.3 Å². The molecule has 110 valence electrons. The Morgan fingerprint density at radius 1 is 0.773 bits per heavy atom. The first-order valence-corrected chi connectivity index (χ1v) is 4.86. The molecule has 0 bridgehead atoms. The zero-order valence-corrected chi connectivity index (χ0v) is 25.8. The molecule has 0 saturated heterocycles. The van der Waals surface area contributed by atoms with Gasteiger partial charge in [-0.3, -0.25) is 24.1 Å². The first-order valence-electron chi connectivity index (χ1n) is 4.86. The molecule has 0 rings (SSSR count). The van der Waals surface area contributed by atoms with E-state index in [0.29, 0.717) is 4.90 Å². The zero-order chi connectivity index (χ0) is 14.3. The summed E-state index contributed by atoms with van der Waals surface area (Å²) < 4.78 is 0. The van der Waals surface area contributed by atoms with Crippen molar-refractivity contribution >= 4 is 23.9 Å². The third-order valence-electron chi connectivity index (χ3n) is 2.03. The van der Waals surface area contributed by atoms with E-state index in [1.165, 1.54) is 0 Å². The summed E-state index contributed by atoms with van der Waals surface area (Å²) in [6.45, 7) is -1.58. The van der Waals surface area contributed by atoms with Crippen molar-refractivity contribution in [3.8, 4) is 0 Å². The monoisotopic (exact) mass is 423 g/mol. The Kier molecular flexibility index (Phi) is 36.6. The van der Waals surface area contributed by atoms with Gasteiger partial charge in [-0.25, -0.2) is 0 Å². The molecule has 0 amide bonds. The number of hydrogen-bond donors (Lipinski definition) is 4. The molecule has 4 N–H and O–H groups in total. The average molecular weight is 424 g/mol. The summed E-state index contributed by atoms with van der Waals surface area (Å²) in [5.74, 6) is -5.48. The van der Waals surface area contributed by atoms with Crippen molar-refractivity contribution in [2.75, 3.05) is 13.1 Å². The first-order chi connectivity index (χ1) is 8.23. The van der Waals surface area contributed by atoms with E-state index in [2.05, 4.69) is 0 Å². The average Bonchev–Trinajstić information content (AvgIpc) is 2.14. The van der Waals surface area contributed by atoms with E-state index < -0.39 is 49.4 Å². The molecule has 0 spiro atoms. The van der Waals surface area contributed by atoms with Crippen LogP contribution in [0.1, 0.15) is 18.5 Å². The van der Waals surface area contributed by atoms with Crippen molar-refractivity contribution in [1.82, 2.24) is 4.90 Å². The number of carboxylic acid groups (broad SMARTS) is 4. The van der Waals surface area contributed by atoms with Crippen LogP contribution in [0.3, 0.4) is 0 Å². The third kappa shape index (κ3) is 20.7. The summed E-state index contributed by atoms with van der Waals surface area (Å²) in [4.78, 5) is 43.0. The minimum Gasteiger partial charge on any atom is -1.00 e. The van der Waals surface area contributed by atoms with E-state index in [9.17, 15) is 19.2 Å². The molecule has 0 aliphatic carbocycles. The van der Waals surface area contributed by atoms with Gasteiger partial charge >= 0.3 is 229 Å². The van der Waals surface area contributed by atoms with Crippen LogP contribution in [0.5, 0.6) is 0 Å². The van der Waals surface area contributed by atoms with Gasteiger partial charge in [-0.15, -0.1) is 0 Å². The zero-order valence-electron chi connectivity index (χ0n) is 17.3. The number of rotatable bonds is 9. The summed E-state index contributed by atoms with van der Waals surface area (Å²) >= 11 is 0. The molecular formula is C9H17K4NO8. The largest absolute Gasteiger partial charge is 1.00 e. The fourth-order valence-corrected chi connectivity index (χ4v) is 1.35. The summed E-state index contributed by atoms with van der Waals surface area (Å²) in [5, 5.41) is 34.4. The van der Waals surface area contributed by atoms with Gasteiger partial charge in [-0.05, 0) is 6.42 Å². The SMILES string of the molecule is O=C(O)CC[C@@H](C(=O)O)N(CC(=O)O)CC(=O)O.[H-].[H-].[H-].[H-].[K+].[K+].[K+].[K+]. The van der Waals surface area contributed by atoms with Gasteiger partial charge in [0, 0.05) is 6.42 Å². The molecule has 9 nitrogen and oxygen atoms in total. The van der Waals surface area contributed by atoms with E-state index in [1.54, 1.807) is 0 Å². The van der Waals surface area contributed by atoms with Gasteiger partial charge in [-0.2, -0.15) is 0 Å². The maximum absolute atomic E-state index is 10.9. The van der Waals surface area contributed by atoms with Crippen LogP contribution in [0, 0.1) is 0 Å². The van der Waals surface area contributed by atoms with Gasteiger partial charge < -0.3 is 26.1 Å². The number of carbonyl (C=O) groups is 4. The van der Waals surface area contributed by atoms with Crippen LogP contribution >= 0.6 is 0 Å². The molecule has 0 radical (unpaired) electrons. The Balaban J connectivity index is -0.0000000516. The van der Waals surface area contributed by atoms with Crippen LogP contribution < -0.4 is 206 Å². The molecule has 0 saturated carbocycles. The minimum atomic E-state index is -1.46. The molecule has 0 aliphatic heterocycles. The van der Waals surface area contributed by atoms with Gasteiger partial charge in [0.15, 0.2) is 0 Å². The quantitative estimate of drug-likeness (QED) is 0.265. The Morgan fingerprint density at radius 3 is 1.36 bits per heavy atom. The Bertz CT molecular complexity index is 368. The van der Waals surface area contributed by atoms with Crippen molar-refractivity contribution in [1.29, 1.82) is 0 Å². The number of aliphatic carboxylic acids is 4. The second kappa shape index (κ2) is 21.7. The topological polar surface area (TPSA) is 152 Å². The fourth-order valence-electron chi connectivity index (χ4n) is 1.35. The van der Waals surface area contributed by atoms with Crippen molar-refractivity contribution < 1.29 is 251 Å². The maximum Gasteiger partial charge on any atom is 1.00 e. The standard InChI is InChI=1S/C9H13NO8.4K.4H/c11-6(12)2-1-5(9(17)18)10(3-7(13)14)4-8(15)16;;;;;;;;/h5H,1-4H2,(H,11,12)(H,13,14)(H,15,16)(H,17,18);;;;;;;;/q;4*+1;4*-1/t5-;;;;;;;;/m0......../s1. The predicted octanol–water partition coefficient (Wildman–Crippen LogP) is -12.8. The predicted molar refractivity (Wildman–Crippen MR) is 59.6 cm³/mol. The molecular weight excluding hydrogens is 406 g/mol. The molecule has 0 aromatic heterocycles. The molecule has 0 unspecified atom stereocenters. The summed E-state index contributed by atoms with van der Waals surface area (Å²) in [6, 6.07) is -1.46. The Morgan fingerprint density at radius 2 is 1.14 bits per heavy atom. The van der Waals surface area contributed by atoms with Crippen LogP contribution in [-0.2, 0) is 19.2 Å². The van der Waals surface area contributed by atoms with E-state index in [1.807, 2.05) is 0 Å². The summed E-state index contributed by atoms with van der Waals surface area (Å²) in [5.41, 5.74) is 0. The van der Waals surface area contributed by atoms with Gasteiger partial charge in [0.1, 0.15) is 6.04 Å². The van der Waals surface area contributed by atoms with Gasteiger partial charge in [0.05, 0.1) is 13.1 Å². The van der Waals surface area contributed by atoms with Gasteiger partial charge in [-0.1, -0.05) is 0 Å². The van der Waals surface area contributed by atoms with Crippen LogP contribution in [0.15, 0.2) is 0 Å². The number of hydrogen-bond acceptors (Lipinski definition) is 5. The minimum absolute atomic E-state index is 0. The molecule has 22 heavy (non-hydrogen) atoms. The van der Waals surface area contributed by atoms with Crippen LogP contribution in [0.4, 0.5) is 0 Å². The molecule has 1 atom stereocenters. The van der Waals surface area contributed by atoms with Crippen molar-refractivity contribution in [3.05, 3.63) is 0 Å². The van der Waals surface area contributed by atoms with Gasteiger partial charge in [0.2, 0.25) is 0 Å². The van der Waals surface area contributed by atoms with E-state index in [4.69, 9.17) is 20.4 Å². The van der Waals surface area contributed by atoms with E-state index in [-0.39, 0.29) is 218 Å². The second-order valence-corrected chi connectivity index (χ2v) is 3.48. The van der Waals surface area contributed by atoms with Crippen LogP contribution in [0.2, 0.25) is 0 Å². The van der Waals surface area contributed by atoms with Crippen molar-refractivity contribution in [2.24, 2.45) is 0 Å². The normalized spacial score (nSPS) is 9.86. The van der Waals surface area contributed by atoms with E-state index >= 15 is 0 Å². The molecule has 0 aliphatic rings. The van der Waals surface area contributed by atoms with E-state index in [0.717, 1.165) is 0 Å². The molecule has 0 fully saturated rings. The molecule has 0 heterocycles. The van der Waals surface area contributed by atoms with Crippen LogP contribution in [0.25, 0.3) is 0 Å². The Labute approximate surface area is 303 Å². The smallest absolute Gasteiger partial charge is 1.00 e. The number of nitrogens with zero attached hydrogens (tertiary/aromatic N) is 1. The van der Waals surface area contributed by atoms with Crippen molar-refractivity contribution in [2.45, 2.75) is 18.9 Å². The second-order valence-electron chi connectivity index (χ2n) is 3.48. The Hall–Kier alpha value is 4.39. The van der Waals surface area contributed by atoms with Crippen molar-refractivity contribution in [3.63, 3.8) is 0 Å². The first kappa shape index (κ1) is 37.2. The maximum atomic E-state index is 10.9. The fraction of sp³-hybridized carbons (Fsp3) is 0.556. The summed E-state index contributed by atoms with van der Waals surface area (Å²) in [6.07, 6.45) is -0.863. The molecule has 0 aromatic carbocycles. The third-order valence-corrected chi connectivity index (χ3v) is 2.03. The number of carboxylic acids is 4. The molecule has 0 aromatic rings. The summed E-state index contributed by atoms with van der Waals surface area (Å²) in [7, 11) is 0. The molecule has 13 heteroatoms. The van der Waals surface area contributed by atoms with Gasteiger partial charge in [0.25, 0.3) is 0 Å².